The second-order valence-electron chi connectivity index (χ2n) is 5.41. The quantitative estimate of drug-likeness (QED) is 0.753. The van der Waals surface area contributed by atoms with Crippen LogP contribution in [0.2, 0.25) is 0 Å². The maximum absolute atomic E-state index is 10.2. The van der Waals surface area contributed by atoms with E-state index in [1.807, 2.05) is 0 Å². The largest absolute Gasteiger partial charge is 0.392 e. The van der Waals surface area contributed by atoms with Crippen molar-refractivity contribution in [1.82, 2.24) is 0 Å². The van der Waals surface area contributed by atoms with Crippen molar-refractivity contribution in [1.29, 1.82) is 0 Å². The van der Waals surface area contributed by atoms with E-state index in [1.165, 1.54) is 0 Å². The van der Waals surface area contributed by atoms with Crippen LogP contribution in [0.5, 0.6) is 0 Å². The molecule has 1 aliphatic rings. The zero-order valence-electron chi connectivity index (χ0n) is 10.6. The first-order valence-electron chi connectivity index (χ1n) is 6.46. The predicted molar refractivity (Wildman–Crippen MR) is 64.5 cm³/mol. The van der Waals surface area contributed by atoms with E-state index >= 15 is 0 Å². The van der Waals surface area contributed by atoms with Gasteiger partial charge in [-0.05, 0) is 24.2 Å². The number of aliphatic hydroxyl groups excluding tert-OH is 1. The first-order chi connectivity index (χ1) is 7.02. The normalized spacial score (nSPS) is 38.6. The molecule has 3 N–H and O–H groups in total. The molecular weight excluding hydrogens is 186 g/mol. The van der Waals surface area contributed by atoms with Crippen LogP contribution < -0.4 is 5.73 Å². The monoisotopic (exact) mass is 213 g/mol. The molecule has 1 unspecified atom stereocenters. The van der Waals surface area contributed by atoms with E-state index in [0.717, 1.165) is 19.3 Å². The third-order valence-electron chi connectivity index (χ3n) is 4.42. The van der Waals surface area contributed by atoms with Gasteiger partial charge in [-0.1, -0.05) is 40.5 Å². The molecule has 0 aromatic rings. The molecule has 0 aromatic carbocycles. The van der Waals surface area contributed by atoms with E-state index in [-0.39, 0.29) is 12.1 Å². The zero-order chi connectivity index (χ0) is 11.6. The summed E-state index contributed by atoms with van der Waals surface area (Å²) in [7, 11) is 0. The Morgan fingerprint density at radius 2 is 1.73 bits per heavy atom. The lowest BCUT2D eigenvalue weighted by Crippen LogP contribution is -2.43. The van der Waals surface area contributed by atoms with Crippen LogP contribution in [0, 0.1) is 23.7 Å². The molecule has 1 aliphatic carbocycles. The molecule has 5 atom stereocenters. The lowest BCUT2D eigenvalue weighted by molar-refractivity contribution is 0.0634. The van der Waals surface area contributed by atoms with Gasteiger partial charge in [0.2, 0.25) is 0 Å². The van der Waals surface area contributed by atoms with Crippen molar-refractivity contribution >= 4 is 0 Å². The van der Waals surface area contributed by atoms with Crippen molar-refractivity contribution in [2.45, 2.75) is 59.1 Å². The molecule has 0 aromatic heterocycles. The van der Waals surface area contributed by atoms with Crippen LogP contribution in [0.15, 0.2) is 0 Å². The van der Waals surface area contributed by atoms with Crippen molar-refractivity contribution in [3.63, 3.8) is 0 Å². The summed E-state index contributed by atoms with van der Waals surface area (Å²) in [5.41, 5.74) is 6.33. The Bertz CT molecular complexity index is 191. The lowest BCUT2D eigenvalue weighted by atomic mass is 9.79. The van der Waals surface area contributed by atoms with Gasteiger partial charge in [-0.15, -0.1) is 0 Å². The van der Waals surface area contributed by atoms with E-state index in [0.29, 0.717) is 23.7 Å². The van der Waals surface area contributed by atoms with Gasteiger partial charge in [-0.3, -0.25) is 0 Å². The molecule has 0 amide bonds. The Morgan fingerprint density at radius 3 is 2.07 bits per heavy atom. The Labute approximate surface area is 94.2 Å². The molecule has 2 heteroatoms. The fourth-order valence-electron chi connectivity index (χ4n) is 3.35. The Morgan fingerprint density at radius 1 is 1.20 bits per heavy atom. The highest BCUT2D eigenvalue weighted by atomic mass is 16.3. The van der Waals surface area contributed by atoms with Crippen LogP contribution in [0.25, 0.3) is 0 Å². The first kappa shape index (κ1) is 13.0. The second-order valence-corrected chi connectivity index (χ2v) is 5.41. The Balaban J connectivity index is 2.69. The number of hydrogen-bond donors (Lipinski definition) is 2. The number of nitrogens with two attached hydrogens (primary N) is 1. The molecule has 1 saturated carbocycles. The topological polar surface area (TPSA) is 46.2 Å². The molecule has 0 radical (unpaired) electrons. The highest BCUT2D eigenvalue weighted by Gasteiger charge is 2.42. The maximum atomic E-state index is 10.2. The van der Waals surface area contributed by atoms with Gasteiger partial charge in [0.25, 0.3) is 0 Å². The van der Waals surface area contributed by atoms with Crippen LogP contribution in [0.3, 0.4) is 0 Å². The number of rotatable bonds is 4. The van der Waals surface area contributed by atoms with E-state index in [4.69, 9.17) is 5.73 Å². The summed E-state index contributed by atoms with van der Waals surface area (Å²) in [4.78, 5) is 0. The van der Waals surface area contributed by atoms with Crippen LogP contribution in [-0.4, -0.2) is 17.3 Å². The smallest absolute Gasteiger partial charge is 0.0611 e. The average Bonchev–Trinajstić information content (AvgIpc) is 2.43. The molecule has 2 nitrogen and oxygen atoms in total. The minimum absolute atomic E-state index is 0.176. The Kier molecular flexibility index (Phi) is 4.60. The fourth-order valence-corrected chi connectivity index (χ4v) is 3.35. The summed E-state index contributed by atoms with van der Waals surface area (Å²) in [5.74, 6) is 1.87. The van der Waals surface area contributed by atoms with Gasteiger partial charge in [0.1, 0.15) is 0 Å². The summed E-state index contributed by atoms with van der Waals surface area (Å²) < 4.78 is 0. The molecule has 0 bridgehead atoms. The van der Waals surface area contributed by atoms with Crippen molar-refractivity contribution in [2.24, 2.45) is 29.4 Å². The Hall–Kier alpha value is -0.0800. The van der Waals surface area contributed by atoms with Gasteiger partial charge in [0, 0.05) is 12.0 Å². The van der Waals surface area contributed by atoms with E-state index < -0.39 is 0 Å². The average molecular weight is 213 g/mol. The first-order valence-corrected chi connectivity index (χ1v) is 6.46. The molecule has 0 saturated heterocycles. The number of aliphatic hydroxyl groups is 1. The minimum atomic E-state index is -0.185. The highest BCUT2D eigenvalue weighted by molar-refractivity contribution is 4.94. The van der Waals surface area contributed by atoms with Crippen molar-refractivity contribution < 1.29 is 5.11 Å². The van der Waals surface area contributed by atoms with Gasteiger partial charge in [-0.2, -0.15) is 0 Å². The summed E-state index contributed by atoms with van der Waals surface area (Å²) in [6.07, 6.45) is 3.19. The van der Waals surface area contributed by atoms with Crippen molar-refractivity contribution in [3.05, 3.63) is 0 Å². The van der Waals surface area contributed by atoms with Crippen LogP contribution >= 0.6 is 0 Å². The van der Waals surface area contributed by atoms with Gasteiger partial charge >= 0.3 is 0 Å². The zero-order valence-corrected chi connectivity index (χ0v) is 10.6. The SMILES string of the molecule is CCC(CC)C(N)[C@@H]1[C@H](O)[C@@H](C)C[C@H]1C. The highest BCUT2D eigenvalue weighted by Crippen LogP contribution is 2.40. The van der Waals surface area contributed by atoms with Gasteiger partial charge < -0.3 is 10.8 Å². The molecular formula is C13H27NO. The molecule has 90 valence electrons. The molecule has 0 aliphatic heterocycles. The van der Waals surface area contributed by atoms with Gasteiger partial charge in [0.05, 0.1) is 6.10 Å². The van der Waals surface area contributed by atoms with Crippen LogP contribution in [0.4, 0.5) is 0 Å². The van der Waals surface area contributed by atoms with Crippen molar-refractivity contribution in [3.8, 4) is 0 Å². The van der Waals surface area contributed by atoms with E-state index in [1.54, 1.807) is 0 Å². The van der Waals surface area contributed by atoms with Crippen LogP contribution in [0.1, 0.15) is 47.0 Å². The summed E-state index contributed by atoms with van der Waals surface area (Å²) in [6.45, 7) is 8.77. The van der Waals surface area contributed by atoms with E-state index in [2.05, 4.69) is 27.7 Å². The van der Waals surface area contributed by atoms with Gasteiger partial charge in [0.15, 0.2) is 0 Å². The van der Waals surface area contributed by atoms with Crippen molar-refractivity contribution in [2.75, 3.05) is 0 Å². The summed E-state index contributed by atoms with van der Waals surface area (Å²) in [6, 6.07) is 0.176. The summed E-state index contributed by atoms with van der Waals surface area (Å²) in [5, 5.41) is 10.2. The van der Waals surface area contributed by atoms with E-state index in [9.17, 15) is 5.11 Å². The third-order valence-corrected chi connectivity index (χ3v) is 4.42. The van der Waals surface area contributed by atoms with Gasteiger partial charge in [-0.25, -0.2) is 0 Å². The third kappa shape index (κ3) is 2.54. The minimum Gasteiger partial charge on any atom is -0.392 e. The standard InChI is InChI=1S/C13H27NO/c1-5-10(6-2)12(14)11-8(3)7-9(4)13(11)15/h8-13,15H,5-7,14H2,1-4H3/t8-,9+,11-,12?,13-/m1/s1. The maximum Gasteiger partial charge on any atom is 0.0611 e. The fraction of sp³-hybridized carbons (Fsp3) is 1.00. The lowest BCUT2D eigenvalue weighted by Gasteiger charge is -2.32. The second kappa shape index (κ2) is 5.31. The molecule has 0 heterocycles. The molecule has 15 heavy (non-hydrogen) atoms. The number of hydrogen-bond acceptors (Lipinski definition) is 2. The van der Waals surface area contributed by atoms with Crippen LogP contribution in [-0.2, 0) is 0 Å². The molecule has 1 fully saturated rings. The summed E-state index contributed by atoms with van der Waals surface area (Å²) >= 11 is 0. The molecule has 0 spiro atoms. The molecule has 1 rings (SSSR count). The predicted octanol–water partition coefficient (Wildman–Crippen LogP) is 2.40.